The lowest BCUT2D eigenvalue weighted by Gasteiger charge is -2.27. The van der Waals surface area contributed by atoms with Crippen molar-refractivity contribution in [3.8, 4) is 6.07 Å². The Morgan fingerprint density at radius 2 is 1.75 bits per heavy atom. The molecule has 0 N–H and O–H groups in total. The van der Waals surface area contributed by atoms with Crippen LogP contribution in [-0.4, -0.2) is 0 Å². The Morgan fingerprint density at radius 1 is 1.10 bits per heavy atom. The van der Waals surface area contributed by atoms with Gasteiger partial charge < -0.3 is 0 Å². The molecule has 20 heavy (non-hydrogen) atoms. The summed E-state index contributed by atoms with van der Waals surface area (Å²) in [6.07, 6.45) is 14.1. The summed E-state index contributed by atoms with van der Waals surface area (Å²) >= 11 is 0. The van der Waals surface area contributed by atoms with Gasteiger partial charge in [0.1, 0.15) is 0 Å². The van der Waals surface area contributed by atoms with Crippen LogP contribution in [0.1, 0.15) is 63.0 Å². The zero-order chi connectivity index (χ0) is 14.2. The van der Waals surface area contributed by atoms with Crippen LogP contribution >= 0.6 is 0 Å². The molecule has 0 saturated heterocycles. The molecule has 0 heterocycles. The van der Waals surface area contributed by atoms with E-state index in [1.807, 2.05) is 24.3 Å². The van der Waals surface area contributed by atoms with Gasteiger partial charge in [-0.2, -0.15) is 5.26 Å². The number of nitriles is 1. The highest BCUT2D eigenvalue weighted by Gasteiger charge is 2.18. The molecule has 0 aliphatic heterocycles. The molecule has 1 nitrogen and oxygen atoms in total. The topological polar surface area (TPSA) is 23.8 Å². The quantitative estimate of drug-likeness (QED) is 0.684. The molecule has 1 aromatic carbocycles. The Labute approximate surface area is 123 Å². The van der Waals surface area contributed by atoms with E-state index < -0.39 is 0 Å². The number of nitrogens with zero attached hydrogens (tertiary/aromatic N) is 1. The second kappa shape index (κ2) is 7.90. The molecule has 106 valence electrons. The van der Waals surface area contributed by atoms with Crippen LogP contribution in [0, 0.1) is 23.2 Å². The van der Waals surface area contributed by atoms with Gasteiger partial charge in [0.25, 0.3) is 0 Å². The Balaban J connectivity index is 1.70. The standard InChI is InChI=1S/C19H25N/c1-2-16-7-9-17(10-8-16)5-3-4-6-18-11-13-19(15-20)14-12-18/h4,6,11-14,16-17H,2-3,5,7-10H2,1H3/b6-4-. The average molecular weight is 267 g/mol. The van der Waals surface area contributed by atoms with Crippen molar-refractivity contribution in [2.45, 2.75) is 51.9 Å². The molecular weight excluding hydrogens is 242 g/mol. The fraction of sp³-hybridized carbons (Fsp3) is 0.526. The lowest BCUT2D eigenvalue weighted by atomic mass is 9.79. The first kappa shape index (κ1) is 14.9. The first-order valence-electron chi connectivity index (χ1n) is 7.98. The van der Waals surface area contributed by atoms with E-state index in [-0.39, 0.29) is 0 Å². The van der Waals surface area contributed by atoms with Crippen LogP contribution < -0.4 is 0 Å². The van der Waals surface area contributed by atoms with E-state index in [1.165, 1.54) is 50.5 Å². The van der Waals surface area contributed by atoms with E-state index in [2.05, 4.69) is 25.1 Å². The second-order valence-corrected chi connectivity index (χ2v) is 6.01. The minimum absolute atomic E-state index is 0.731. The maximum absolute atomic E-state index is 8.76. The van der Waals surface area contributed by atoms with Gasteiger partial charge in [-0.05, 0) is 42.4 Å². The van der Waals surface area contributed by atoms with E-state index in [9.17, 15) is 0 Å². The normalized spacial score (nSPS) is 22.8. The summed E-state index contributed by atoms with van der Waals surface area (Å²) in [7, 11) is 0. The molecule has 0 unspecified atom stereocenters. The fourth-order valence-corrected chi connectivity index (χ4v) is 3.15. The van der Waals surface area contributed by atoms with Crippen LogP contribution in [-0.2, 0) is 0 Å². The predicted octanol–water partition coefficient (Wildman–Crippen LogP) is 5.57. The highest BCUT2D eigenvalue weighted by Crippen LogP contribution is 2.33. The van der Waals surface area contributed by atoms with Crippen LogP contribution in [0.15, 0.2) is 30.3 Å². The maximum atomic E-state index is 8.76. The van der Waals surface area contributed by atoms with E-state index in [4.69, 9.17) is 5.26 Å². The molecule has 0 atom stereocenters. The van der Waals surface area contributed by atoms with Crippen LogP contribution in [0.5, 0.6) is 0 Å². The Kier molecular flexibility index (Phi) is 5.87. The third kappa shape index (κ3) is 4.53. The molecule has 0 aromatic heterocycles. The van der Waals surface area contributed by atoms with Gasteiger partial charge >= 0.3 is 0 Å². The molecule has 1 saturated carbocycles. The first-order valence-corrected chi connectivity index (χ1v) is 7.98. The summed E-state index contributed by atoms with van der Waals surface area (Å²) in [5.41, 5.74) is 1.92. The van der Waals surface area contributed by atoms with Crippen molar-refractivity contribution in [3.05, 3.63) is 41.5 Å². The van der Waals surface area contributed by atoms with Gasteiger partial charge in [-0.3, -0.25) is 0 Å². The number of benzene rings is 1. The van der Waals surface area contributed by atoms with Crippen LogP contribution in [0.2, 0.25) is 0 Å². The molecule has 0 bridgehead atoms. The Bertz CT molecular complexity index is 456. The molecule has 1 aliphatic rings. The smallest absolute Gasteiger partial charge is 0.0991 e. The summed E-state index contributed by atoms with van der Waals surface area (Å²) in [5, 5.41) is 8.76. The zero-order valence-electron chi connectivity index (χ0n) is 12.5. The van der Waals surface area contributed by atoms with Crippen molar-refractivity contribution in [2.75, 3.05) is 0 Å². The molecule has 1 heteroatoms. The lowest BCUT2D eigenvalue weighted by Crippen LogP contribution is -2.13. The van der Waals surface area contributed by atoms with Gasteiger partial charge in [0.05, 0.1) is 11.6 Å². The average Bonchev–Trinajstić information content (AvgIpc) is 2.53. The molecular formula is C19H25N. The van der Waals surface area contributed by atoms with Crippen LogP contribution in [0.25, 0.3) is 6.08 Å². The monoisotopic (exact) mass is 267 g/mol. The van der Waals surface area contributed by atoms with Gasteiger partial charge in [0, 0.05) is 0 Å². The van der Waals surface area contributed by atoms with E-state index in [0.29, 0.717) is 0 Å². The summed E-state index contributed by atoms with van der Waals surface area (Å²) in [6, 6.07) is 9.94. The van der Waals surface area contributed by atoms with Crippen LogP contribution in [0.3, 0.4) is 0 Å². The lowest BCUT2D eigenvalue weighted by molar-refractivity contribution is 0.260. The van der Waals surface area contributed by atoms with Gasteiger partial charge in [-0.15, -0.1) is 0 Å². The van der Waals surface area contributed by atoms with Crippen molar-refractivity contribution >= 4 is 6.08 Å². The largest absolute Gasteiger partial charge is 0.192 e. The number of rotatable bonds is 5. The number of hydrogen-bond donors (Lipinski definition) is 0. The van der Waals surface area contributed by atoms with Crippen molar-refractivity contribution in [1.29, 1.82) is 5.26 Å². The minimum Gasteiger partial charge on any atom is -0.192 e. The maximum Gasteiger partial charge on any atom is 0.0991 e. The highest BCUT2D eigenvalue weighted by molar-refractivity contribution is 5.50. The van der Waals surface area contributed by atoms with E-state index >= 15 is 0 Å². The number of hydrogen-bond acceptors (Lipinski definition) is 1. The predicted molar refractivity (Wildman–Crippen MR) is 85.2 cm³/mol. The first-order chi connectivity index (χ1) is 9.81. The van der Waals surface area contributed by atoms with E-state index in [0.717, 1.165) is 17.4 Å². The fourth-order valence-electron chi connectivity index (χ4n) is 3.15. The summed E-state index contributed by atoms with van der Waals surface area (Å²) < 4.78 is 0. The summed E-state index contributed by atoms with van der Waals surface area (Å²) in [4.78, 5) is 0. The molecule has 1 fully saturated rings. The van der Waals surface area contributed by atoms with Crippen molar-refractivity contribution in [1.82, 2.24) is 0 Å². The molecule has 0 radical (unpaired) electrons. The summed E-state index contributed by atoms with van der Waals surface area (Å²) in [6.45, 7) is 2.32. The van der Waals surface area contributed by atoms with Gasteiger partial charge in [-0.25, -0.2) is 0 Å². The molecule has 1 aliphatic carbocycles. The van der Waals surface area contributed by atoms with Crippen molar-refractivity contribution < 1.29 is 0 Å². The minimum atomic E-state index is 0.731. The van der Waals surface area contributed by atoms with Gasteiger partial charge in [-0.1, -0.05) is 63.3 Å². The summed E-state index contributed by atoms with van der Waals surface area (Å²) in [5.74, 6) is 1.95. The van der Waals surface area contributed by atoms with Gasteiger partial charge in [0.2, 0.25) is 0 Å². The highest BCUT2D eigenvalue weighted by atomic mass is 14.2. The number of allylic oxidation sites excluding steroid dienone is 1. The third-order valence-electron chi connectivity index (χ3n) is 4.64. The Morgan fingerprint density at radius 3 is 2.35 bits per heavy atom. The molecule has 2 rings (SSSR count). The van der Waals surface area contributed by atoms with Gasteiger partial charge in [0.15, 0.2) is 0 Å². The zero-order valence-corrected chi connectivity index (χ0v) is 12.5. The Hall–Kier alpha value is -1.55. The second-order valence-electron chi connectivity index (χ2n) is 6.01. The van der Waals surface area contributed by atoms with Crippen molar-refractivity contribution in [2.24, 2.45) is 11.8 Å². The van der Waals surface area contributed by atoms with Crippen molar-refractivity contribution in [3.63, 3.8) is 0 Å². The van der Waals surface area contributed by atoms with Crippen LogP contribution in [0.4, 0.5) is 0 Å². The third-order valence-corrected chi connectivity index (χ3v) is 4.64. The van der Waals surface area contributed by atoms with E-state index in [1.54, 1.807) is 0 Å². The molecule has 1 aromatic rings. The SMILES string of the molecule is CCC1CCC(CC/C=C\c2ccc(C#N)cc2)CC1. The molecule has 0 spiro atoms. The molecule has 0 amide bonds.